The fourth-order valence-electron chi connectivity index (χ4n) is 2.53. The van der Waals surface area contributed by atoms with Gasteiger partial charge in [0.2, 0.25) is 5.89 Å². The van der Waals surface area contributed by atoms with Crippen LogP contribution in [0.4, 0.5) is 0 Å². The topological polar surface area (TPSA) is 61.0 Å². The maximum Gasteiger partial charge on any atom is 0.277 e. The first kappa shape index (κ1) is 19.0. The van der Waals surface area contributed by atoms with Gasteiger partial charge >= 0.3 is 0 Å². The van der Waals surface area contributed by atoms with E-state index in [1.807, 2.05) is 48.5 Å². The van der Waals surface area contributed by atoms with E-state index >= 15 is 0 Å². The zero-order valence-electron chi connectivity index (χ0n) is 15.0. The molecule has 4 aromatic rings. The fourth-order valence-corrected chi connectivity index (χ4v) is 4.24. The summed E-state index contributed by atoms with van der Waals surface area (Å²) in [6, 6.07) is 15.4. The number of benzene rings is 2. The molecule has 8 heteroatoms. The van der Waals surface area contributed by atoms with Crippen LogP contribution in [0.5, 0.6) is 5.75 Å². The van der Waals surface area contributed by atoms with Gasteiger partial charge in [0.25, 0.3) is 5.22 Å². The Bertz CT molecular complexity index is 1050. The molecule has 2 aromatic carbocycles. The number of nitrogens with zero attached hydrogens (tertiary/aromatic N) is 3. The molecule has 2 heterocycles. The first-order valence-corrected chi connectivity index (χ1v) is 10.7. The molecule has 0 amide bonds. The molecule has 0 N–H and O–H groups in total. The van der Waals surface area contributed by atoms with E-state index in [4.69, 9.17) is 20.8 Å². The molecule has 142 valence electrons. The zero-order valence-corrected chi connectivity index (χ0v) is 17.4. The SMILES string of the molecule is COc1ccc(-c2nnc(SCc3csc(Cc4ccc(Cl)cc4)n3)o2)cc1. The number of thioether (sulfide) groups is 1. The Morgan fingerprint density at radius 1 is 1.07 bits per heavy atom. The van der Waals surface area contributed by atoms with Crippen molar-refractivity contribution >= 4 is 34.7 Å². The van der Waals surface area contributed by atoms with E-state index in [9.17, 15) is 0 Å². The van der Waals surface area contributed by atoms with E-state index in [-0.39, 0.29) is 0 Å². The molecule has 0 aliphatic carbocycles. The number of ether oxygens (including phenoxy) is 1. The molecule has 0 atom stereocenters. The third-order valence-electron chi connectivity index (χ3n) is 3.95. The average molecular weight is 430 g/mol. The third kappa shape index (κ3) is 4.73. The van der Waals surface area contributed by atoms with Crippen LogP contribution in [-0.2, 0) is 12.2 Å². The van der Waals surface area contributed by atoms with Crippen LogP contribution < -0.4 is 4.74 Å². The van der Waals surface area contributed by atoms with Crippen molar-refractivity contribution in [1.82, 2.24) is 15.2 Å². The molecule has 0 bridgehead atoms. The van der Waals surface area contributed by atoms with Crippen LogP contribution >= 0.6 is 34.7 Å². The molecule has 0 saturated heterocycles. The van der Waals surface area contributed by atoms with Gasteiger partial charge in [0, 0.05) is 28.1 Å². The van der Waals surface area contributed by atoms with Gasteiger partial charge in [0.05, 0.1) is 17.8 Å². The van der Waals surface area contributed by atoms with Crippen molar-refractivity contribution in [2.75, 3.05) is 7.11 Å². The highest BCUT2D eigenvalue weighted by Gasteiger charge is 2.11. The van der Waals surface area contributed by atoms with Crippen molar-refractivity contribution in [3.05, 3.63) is 75.2 Å². The lowest BCUT2D eigenvalue weighted by Gasteiger charge is -1.99. The summed E-state index contributed by atoms with van der Waals surface area (Å²) in [6.45, 7) is 0. The summed E-state index contributed by atoms with van der Waals surface area (Å²) in [5.41, 5.74) is 3.06. The van der Waals surface area contributed by atoms with Crippen LogP contribution in [0.25, 0.3) is 11.5 Å². The van der Waals surface area contributed by atoms with Gasteiger partial charge < -0.3 is 9.15 Å². The number of hydrogen-bond acceptors (Lipinski definition) is 7. The van der Waals surface area contributed by atoms with E-state index in [0.717, 1.165) is 33.5 Å². The summed E-state index contributed by atoms with van der Waals surface area (Å²) in [6.07, 6.45) is 0.800. The zero-order chi connectivity index (χ0) is 19.3. The van der Waals surface area contributed by atoms with E-state index in [2.05, 4.69) is 20.6 Å². The molecule has 0 aliphatic rings. The normalized spacial score (nSPS) is 10.9. The van der Waals surface area contributed by atoms with Crippen LogP contribution in [0.1, 0.15) is 16.3 Å². The number of methoxy groups -OCH3 is 1. The summed E-state index contributed by atoms with van der Waals surface area (Å²) in [5, 5.41) is 12.6. The first-order chi connectivity index (χ1) is 13.7. The minimum Gasteiger partial charge on any atom is -0.497 e. The van der Waals surface area contributed by atoms with Crippen molar-refractivity contribution < 1.29 is 9.15 Å². The molecule has 5 nitrogen and oxygen atoms in total. The van der Waals surface area contributed by atoms with Gasteiger partial charge in [-0.1, -0.05) is 35.5 Å². The van der Waals surface area contributed by atoms with Crippen molar-refractivity contribution in [3.63, 3.8) is 0 Å². The second-order valence-corrected chi connectivity index (χ2v) is 8.23. The van der Waals surface area contributed by atoms with Gasteiger partial charge in [0.15, 0.2) is 0 Å². The molecule has 0 fully saturated rings. The largest absolute Gasteiger partial charge is 0.497 e. The Labute approximate surface area is 175 Å². The molecule has 0 radical (unpaired) electrons. The van der Waals surface area contributed by atoms with Gasteiger partial charge in [-0.3, -0.25) is 0 Å². The second-order valence-electron chi connectivity index (χ2n) is 5.93. The molecule has 4 rings (SSSR count). The maximum absolute atomic E-state index is 5.93. The molecule has 0 unspecified atom stereocenters. The lowest BCUT2D eigenvalue weighted by atomic mass is 10.2. The number of thiazole rings is 1. The maximum atomic E-state index is 5.93. The summed E-state index contributed by atoms with van der Waals surface area (Å²) >= 11 is 9.06. The standard InChI is InChI=1S/C20H16ClN3O2S2/c1-25-17-8-4-14(5-9-17)19-23-24-20(26-19)28-12-16-11-27-18(22-16)10-13-2-6-15(21)7-3-13/h2-9,11H,10,12H2,1H3. The minimum absolute atomic E-state index is 0.492. The van der Waals surface area contributed by atoms with Crippen LogP contribution in [0, 0.1) is 0 Å². The molecule has 0 saturated carbocycles. The van der Waals surface area contributed by atoms with Crippen LogP contribution in [-0.4, -0.2) is 22.3 Å². The van der Waals surface area contributed by atoms with E-state index in [1.165, 1.54) is 17.3 Å². The van der Waals surface area contributed by atoms with Gasteiger partial charge in [-0.15, -0.1) is 21.5 Å². The average Bonchev–Trinajstić information content (AvgIpc) is 3.38. The van der Waals surface area contributed by atoms with Crippen molar-refractivity contribution in [2.24, 2.45) is 0 Å². The van der Waals surface area contributed by atoms with E-state index in [1.54, 1.807) is 18.4 Å². The Hall–Kier alpha value is -2.35. The summed E-state index contributed by atoms with van der Waals surface area (Å²) in [5.74, 6) is 1.96. The van der Waals surface area contributed by atoms with E-state index in [0.29, 0.717) is 16.9 Å². The Morgan fingerprint density at radius 3 is 2.61 bits per heavy atom. The molecule has 0 spiro atoms. The smallest absolute Gasteiger partial charge is 0.277 e. The second kappa shape index (κ2) is 8.77. The summed E-state index contributed by atoms with van der Waals surface area (Å²) < 4.78 is 10.9. The van der Waals surface area contributed by atoms with Gasteiger partial charge in [-0.05, 0) is 42.0 Å². The number of hydrogen-bond donors (Lipinski definition) is 0. The summed E-state index contributed by atoms with van der Waals surface area (Å²) in [4.78, 5) is 4.69. The molecular formula is C20H16ClN3O2S2. The summed E-state index contributed by atoms with van der Waals surface area (Å²) in [7, 11) is 1.63. The van der Waals surface area contributed by atoms with Crippen molar-refractivity contribution in [3.8, 4) is 17.2 Å². The van der Waals surface area contributed by atoms with E-state index < -0.39 is 0 Å². The fraction of sp³-hybridized carbons (Fsp3) is 0.150. The van der Waals surface area contributed by atoms with Crippen LogP contribution in [0.2, 0.25) is 5.02 Å². The lowest BCUT2D eigenvalue weighted by molar-refractivity contribution is 0.414. The molecule has 28 heavy (non-hydrogen) atoms. The van der Waals surface area contributed by atoms with Crippen LogP contribution in [0.3, 0.4) is 0 Å². The molecule has 0 aliphatic heterocycles. The predicted octanol–water partition coefficient (Wildman–Crippen LogP) is 5.74. The highest BCUT2D eigenvalue weighted by Crippen LogP contribution is 2.27. The highest BCUT2D eigenvalue weighted by molar-refractivity contribution is 7.98. The Kier molecular flexibility index (Phi) is 5.95. The first-order valence-electron chi connectivity index (χ1n) is 8.48. The quantitative estimate of drug-likeness (QED) is 0.349. The number of halogens is 1. The monoisotopic (exact) mass is 429 g/mol. The minimum atomic E-state index is 0.492. The predicted molar refractivity (Wildman–Crippen MR) is 112 cm³/mol. The van der Waals surface area contributed by atoms with Crippen molar-refractivity contribution in [2.45, 2.75) is 17.4 Å². The Balaban J connectivity index is 1.35. The number of aromatic nitrogens is 3. The van der Waals surface area contributed by atoms with Gasteiger partial charge in [-0.25, -0.2) is 4.98 Å². The highest BCUT2D eigenvalue weighted by atomic mass is 35.5. The van der Waals surface area contributed by atoms with Crippen molar-refractivity contribution in [1.29, 1.82) is 0 Å². The lowest BCUT2D eigenvalue weighted by Crippen LogP contribution is -1.88. The van der Waals surface area contributed by atoms with Gasteiger partial charge in [-0.2, -0.15) is 0 Å². The van der Waals surface area contributed by atoms with Gasteiger partial charge in [0.1, 0.15) is 5.75 Å². The molecular weight excluding hydrogens is 414 g/mol. The number of rotatable bonds is 7. The molecule has 2 aromatic heterocycles. The van der Waals surface area contributed by atoms with Crippen LogP contribution in [0.15, 0.2) is 63.6 Å². The Morgan fingerprint density at radius 2 is 1.86 bits per heavy atom. The third-order valence-corrected chi connectivity index (χ3v) is 5.96.